The maximum absolute atomic E-state index is 14.2. The molecule has 4 heteroatoms. The molecule has 0 fully saturated rings. The lowest BCUT2D eigenvalue weighted by Crippen LogP contribution is -1.98. The molecule has 0 aliphatic heterocycles. The molecular formula is C18H14F4. The van der Waals surface area contributed by atoms with Crippen LogP contribution in [0.2, 0.25) is 0 Å². The van der Waals surface area contributed by atoms with Gasteiger partial charge >= 0.3 is 0 Å². The normalized spacial score (nSPS) is 13.2. The van der Waals surface area contributed by atoms with Gasteiger partial charge in [-0.25, -0.2) is 17.6 Å². The van der Waals surface area contributed by atoms with Gasteiger partial charge in [-0.2, -0.15) is 0 Å². The Morgan fingerprint density at radius 1 is 0.864 bits per heavy atom. The second-order valence-corrected chi connectivity index (χ2v) is 5.50. The molecule has 0 radical (unpaired) electrons. The van der Waals surface area contributed by atoms with E-state index < -0.39 is 23.3 Å². The van der Waals surface area contributed by atoms with Crippen LogP contribution in [0.3, 0.4) is 0 Å². The first-order chi connectivity index (χ1) is 10.5. The first kappa shape index (κ1) is 14.8. The SMILES string of the molecule is CCCc1cc(F)c(C2=Cc3cc(F)c(F)cc3C2)c(F)c1. The van der Waals surface area contributed by atoms with E-state index in [1.807, 2.05) is 6.92 Å². The molecule has 0 amide bonds. The van der Waals surface area contributed by atoms with E-state index in [0.717, 1.165) is 18.6 Å². The predicted molar refractivity (Wildman–Crippen MR) is 78.3 cm³/mol. The highest BCUT2D eigenvalue weighted by Gasteiger charge is 2.22. The zero-order valence-corrected chi connectivity index (χ0v) is 12.0. The molecule has 0 saturated carbocycles. The summed E-state index contributed by atoms with van der Waals surface area (Å²) in [6, 6.07) is 4.79. The largest absolute Gasteiger partial charge is 0.206 e. The van der Waals surface area contributed by atoms with Gasteiger partial charge in [-0.3, -0.25) is 0 Å². The van der Waals surface area contributed by atoms with E-state index in [1.54, 1.807) is 0 Å². The number of fused-ring (bicyclic) bond motifs is 1. The third-order valence-corrected chi connectivity index (χ3v) is 3.85. The number of halogens is 4. The number of hydrogen-bond donors (Lipinski definition) is 0. The Balaban J connectivity index is 2.02. The quantitative estimate of drug-likeness (QED) is 0.676. The number of allylic oxidation sites excluding steroid dienone is 1. The highest BCUT2D eigenvalue weighted by molar-refractivity contribution is 5.89. The minimum atomic E-state index is -0.963. The van der Waals surface area contributed by atoms with Crippen molar-refractivity contribution in [1.29, 1.82) is 0 Å². The molecule has 0 aromatic heterocycles. The van der Waals surface area contributed by atoms with Crippen LogP contribution < -0.4 is 0 Å². The third kappa shape index (κ3) is 2.54. The minimum absolute atomic E-state index is 0.114. The molecule has 1 aliphatic carbocycles. The Morgan fingerprint density at radius 2 is 1.50 bits per heavy atom. The first-order valence-electron chi connectivity index (χ1n) is 7.16. The summed E-state index contributed by atoms with van der Waals surface area (Å²) >= 11 is 0. The molecule has 3 rings (SSSR count). The number of benzene rings is 2. The molecule has 0 nitrogen and oxygen atoms in total. The summed E-state index contributed by atoms with van der Waals surface area (Å²) in [6.07, 6.45) is 3.10. The minimum Gasteiger partial charge on any atom is -0.206 e. The van der Waals surface area contributed by atoms with E-state index in [4.69, 9.17) is 0 Å². The summed E-state index contributed by atoms with van der Waals surface area (Å²) in [6.45, 7) is 1.93. The average Bonchev–Trinajstić information content (AvgIpc) is 2.81. The van der Waals surface area contributed by atoms with Gasteiger partial charge in [0, 0.05) is 5.56 Å². The summed E-state index contributed by atoms with van der Waals surface area (Å²) in [5, 5.41) is 0. The van der Waals surface area contributed by atoms with Crippen LogP contribution >= 0.6 is 0 Å². The maximum atomic E-state index is 14.2. The van der Waals surface area contributed by atoms with E-state index in [-0.39, 0.29) is 12.0 Å². The fourth-order valence-electron chi connectivity index (χ4n) is 2.86. The van der Waals surface area contributed by atoms with Crippen LogP contribution in [-0.2, 0) is 12.8 Å². The number of aryl methyl sites for hydroxylation is 1. The molecule has 1 aliphatic rings. The van der Waals surface area contributed by atoms with Crippen molar-refractivity contribution in [3.63, 3.8) is 0 Å². The summed E-state index contributed by atoms with van der Waals surface area (Å²) < 4.78 is 55.0. The van der Waals surface area contributed by atoms with E-state index >= 15 is 0 Å². The zero-order valence-electron chi connectivity index (χ0n) is 12.0. The van der Waals surface area contributed by atoms with Crippen LogP contribution in [0, 0.1) is 23.3 Å². The van der Waals surface area contributed by atoms with Crippen LogP contribution in [-0.4, -0.2) is 0 Å². The summed E-state index contributed by atoms with van der Waals surface area (Å²) in [7, 11) is 0. The number of hydrogen-bond acceptors (Lipinski definition) is 0. The Labute approximate surface area is 126 Å². The molecule has 22 heavy (non-hydrogen) atoms. The van der Waals surface area contributed by atoms with Gasteiger partial charge in [0.2, 0.25) is 0 Å². The zero-order chi connectivity index (χ0) is 15.9. The lowest BCUT2D eigenvalue weighted by Gasteiger charge is -2.09. The molecule has 114 valence electrons. The fourth-order valence-corrected chi connectivity index (χ4v) is 2.86. The summed E-state index contributed by atoms with van der Waals surface area (Å²) in [5.74, 6) is -3.19. The van der Waals surface area contributed by atoms with Crippen LogP contribution in [0.5, 0.6) is 0 Å². The molecule has 0 heterocycles. The Bertz CT molecular complexity index is 752. The topological polar surface area (TPSA) is 0 Å². The van der Waals surface area contributed by atoms with E-state index in [2.05, 4.69) is 0 Å². The first-order valence-corrected chi connectivity index (χ1v) is 7.16. The van der Waals surface area contributed by atoms with Crippen LogP contribution in [0.4, 0.5) is 17.6 Å². The monoisotopic (exact) mass is 306 g/mol. The van der Waals surface area contributed by atoms with Gasteiger partial charge in [-0.15, -0.1) is 0 Å². The van der Waals surface area contributed by atoms with Crippen molar-refractivity contribution in [2.75, 3.05) is 0 Å². The van der Waals surface area contributed by atoms with Crippen molar-refractivity contribution in [1.82, 2.24) is 0 Å². The van der Waals surface area contributed by atoms with E-state index in [0.29, 0.717) is 28.7 Å². The highest BCUT2D eigenvalue weighted by atomic mass is 19.2. The lowest BCUT2D eigenvalue weighted by atomic mass is 9.99. The predicted octanol–water partition coefficient (Wildman–Crippen LogP) is 5.29. The van der Waals surface area contributed by atoms with Crippen molar-refractivity contribution in [2.24, 2.45) is 0 Å². The molecule has 2 aromatic rings. The fraction of sp³-hybridized carbons (Fsp3) is 0.222. The molecule has 0 atom stereocenters. The number of rotatable bonds is 3. The third-order valence-electron chi connectivity index (χ3n) is 3.85. The molecular weight excluding hydrogens is 292 g/mol. The smallest absolute Gasteiger partial charge is 0.159 e. The van der Waals surface area contributed by atoms with Crippen molar-refractivity contribution in [2.45, 2.75) is 26.2 Å². The molecule has 0 N–H and O–H groups in total. The second-order valence-electron chi connectivity index (χ2n) is 5.50. The van der Waals surface area contributed by atoms with Crippen LogP contribution in [0.15, 0.2) is 24.3 Å². The van der Waals surface area contributed by atoms with Gasteiger partial charge in [0.05, 0.1) is 0 Å². The van der Waals surface area contributed by atoms with Gasteiger partial charge < -0.3 is 0 Å². The van der Waals surface area contributed by atoms with Gasteiger partial charge in [0.1, 0.15) is 11.6 Å². The Kier molecular flexibility index (Phi) is 3.77. The van der Waals surface area contributed by atoms with Crippen LogP contribution in [0.1, 0.15) is 35.6 Å². The van der Waals surface area contributed by atoms with Gasteiger partial charge in [0.15, 0.2) is 11.6 Å². The molecule has 0 spiro atoms. The van der Waals surface area contributed by atoms with Crippen LogP contribution in [0.25, 0.3) is 11.6 Å². The highest BCUT2D eigenvalue weighted by Crippen LogP contribution is 2.35. The summed E-state index contributed by atoms with van der Waals surface area (Å²) in [5.41, 5.74) is 1.89. The van der Waals surface area contributed by atoms with Gasteiger partial charge in [-0.05, 0) is 59.4 Å². The van der Waals surface area contributed by atoms with Crippen molar-refractivity contribution in [3.8, 4) is 0 Å². The lowest BCUT2D eigenvalue weighted by molar-refractivity contribution is 0.507. The average molecular weight is 306 g/mol. The van der Waals surface area contributed by atoms with Crippen molar-refractivity contribution in [3.05, 3.63) is 69.8 Å². The second kappa shape index (κ2) is 5.59. The van der Waals surface area contributed by atoms with Crippen molar-refractivity contribution >= 4 is 11.6 Å². The molecule has 0 unspecified atom stereocenters. The van der Waals surface area contributed by atoms with Gasteiger partial charge in [0.25, 0.3) is 0 Å². The maximum Gasteiger partial charge on any atom is 0.159 e. The molecule has 0 bridgehead atoms. The summed E-state index contributed by atoms with van der Waals surface area (Å²) in [4.78, 5) is 0. The van der Waals surface area contributed by atoms with E-state index in [9.17, 15) is 17.6 Å². The Morgan fingerprint density at radius 3 is 2.14 bits per heavy atom. The molecule has 0 saturated heterocycles. The van der Waals surface area contributed by atoms with Crippen molar-refractivity contribution < 1.29 is 17.6 Å². The van der Waals surface area contributed by atoms with E-state index in [1.165, 1.54) is 18.2 Å². The standard InChI is InChI=1S/C18H14F4/c1-2-3-10-4-16(21)18(17(22)5-10)13-6-11-8-14(19)15(20)9-12(11)7-13/h4-6,8-9H,2-3,7H2,1H3. The molecule has 2 aromatic carbocycles. The Hall–Kier alpha value is -2.10. The van der Waals surface area contributed by atoms with Gasteiger partial charge in [-0.1, -0.05) is 19.4 Å².